The van der Waals surface area contributed by atoms with Crippen LogP contribution in [0.15, 0.2) is 66.9 Å². The molecular formula is C24H27N5O2. The predicted molar refractivity (Wildman–Crippen MR) is 120 cm³/mol. The summed E-state index contributed by atoms with van der Waals surface area (Å²) in [7, 11) is 0. The van der Waals surface area contributed by atoms with Gasteiger partial charge in [0.1, 0.15) is 5.69 Å². The number of aromatic nitrogens is 2. The molecule has 1 aliphatic heterocycles. The number of nitrogens with one attached hydrogen (secondary N) is 1. The summed E-state index contributed by atoms with van der Waals surface area (Å²) in [5.74, 6) is -0.0475. The summed E-state index contributed by atoms with van der Waals surface area (Å²) < 4.78 is 1.83. The monoisotopic (exact) mass is 417 g/mol. The Balaban J connectivity index is 1.56. The fraction of sp³-hybridized carbons (Fsp3) is 0.292. The van der Waals surface area contributed by atoms with Crippen LogP contribution < -0.4 is 5.32 Å². The summed E-state index contributed by atoms with van der Waals surface area (Å²) in [6.07, 6.45) is 1.84. The van der Waals surface area contributed by atoms with Crippen LogP contribution in [-0.4, -0.2) is 64.2 Å². The van der Waals surface area contributed by atoms with Gasteiger partial charge in [0.15, 0.2) is 0 Å². The Morgan fingerprint density at radius 3 is 2.16 bits per heavy atom. The van der Waals surface area contributed by atoms with Crippen molar-refractivity contribution < 1.29 is 9.59 Å². The van der Waals surface area contributed by atoms with Crippen molar-refractivity contribution in [2.24, 2.45) is 0 Å². The summed E-state index contributed by atoms with van der Waals surface area (Å²) in [6.45, 7) is 5.16. The number of benzene rings is 2. The van der Waals surface area contributed by atoms with Crippen molar-refractivity contribution in [1.29, 1.82) is 0 Å². The van der Waals surface area contributed by atoms with Gasteiger partial charge in [0.2, 0.25) is 0 Å². The number of hydrogen-bond acceptors (Lipinski definition) is 3. The Morgan fingerprint density at radius 1 is 0.903 bits per heavy atom. The number of rotatable bonds is 5. The van der Waals surface area contributed by atoms with Crippen LogP contribution in [0.3, 0.4) is 0 Å². The van der Waals surface area contributed by atoms with Crippen molar-refractivity contribution in [3.8, 4) is 11.3 Å². The Morgan fingerprint density at radius 2 is 1.52 bits per heavy atom. The molecule has 4 rings (SSSR count). The molecule has 1 aromatic heterocycles. The maximum atomic E-state index is 13.4. The van der Waals surface area contributed by atoms with Crippen LogP contribution in [0.5, 0.6) is 0 Å². The third kappa shape index (κ3) is 4.77. The second-order valence-electron chi connectivity index (χ2n) is 7.56. The molecule has 1 fully saturated rings. The molecule has 0 saturated carbocycles. The number of hydrogen-bond donors (Lipinski definition) is 1. The first-order valence-corrected chi connectivity index (χ1v) is 10.6. The number of amides is 3. The van der Waals surface area contributed by atoms with Gasteiger partial charge in [0, 0.05) is 44.5 Å². The molecule has 7 nitrogen and oxygen atoms in total. The van der Waals surface area contributed by atoms with E-state index in [0.29, 0.717) is 50.5 Å². The van der Waals surface area contributed by atoms with E-state index in [4.69, 9.17) is 5.10 Å². The van der Waals surface area contributed by atoms with Gasteiger partial charge in [-0.2, -0.15) is 5.10 Å². The standard InChI is InChI=1S/C24H27N5O2/c1-2-25-24(31)28-15-13-27(14-16-28)23(30)21-18-29(17-19-9-5-3-6-10-19)26-22(21)20-11-7-4-8-12-20/h3-12,18H,2,13-17H2,1H3,(H,25,31). The lowest BCUT2D eigenvalue weighted by atomic mass is 10.1. The van der Waals surface area contributed by atoms with Crippen LogP contribution in [0.25, 0.3) is 11.3 Å². The highest BCUT2D eigenvalue weighted by atomic mass is 16.2. The Hall–Kier alpha value is -3.61. The zero-order valence-electron chi connectivity index (χ0n) is 17.7. The van der Waals surface area contributed by atoms with Gasteiger partial charge in [-0.15, -0.1) is 0 Å². The first kappa shape index (κ1) is 20.7. The fourth-order valence-corrected chi connectivity index (χ4v) is 3.78. The van der Waals surface area contributed by atoms with Crippen LogP contribution in [-0.2, 0) is 6.54 Å². The molecule has 7 heteroatoms. The second kappa shape index (κ2) is 9.47. The zero-order valence-corrected chi connectivity index (χ0v) is 17.7. The van der Waals surface area contributed by atoms with Gasteiger partial charge < -0.3 is 15.1 Å². The van der Waals surface area contributed by atoms with E-state index in [9.17, 15) is 9.59 Å². The molecule has 3 aromatic rings. The topological polar surface area (TPSA) is 70.5 Å². The molecule has 0 spiro atoms. The minimum Gasteiger partial charge on any atom is -0.338 e. The fourth-order valence-electron chi connectivity index (χ4n) is 3.78. The second-order valence-corrected chi connectivity index (χ2v) is 7.56. The summed E-state index contributed by atoms with van der Waals surface area (Å²) in [4.78, 5) is 29.0. The third-order valence-corrected chi connectivity index (χ3v) is 5.41. The maximum absolute atomic E-state index is 13.4. The van der Waals surface area contributed by atoms with Gasteiger partial charge in [-0.1, -0.05) is 60.7 Å². The number of carbonyl (C=O) groups excluding carboxylic acids is 2. The molecular weight excluding hydrogens is 390 g/mol. The average Bonchev–Trinajstić information content (AvgIpc) is 3.24. The highest BCUT2D eigenvalue weighted by molar-refractivity contribution is 6.00. The molecule has 0 unspecified atom stereocenters. The molecule has 2 heterocycles. The molecule has 2 aromatic carbocycles. The highest BCUT2D eigenvalue weighted by Crippen LogP contribution is 2.24. The molecule has 0 bridgehead atoms. The number of piperazine rings is 1. The largest absolute Gasteiger partial charge is 0.338 e. The Labute approximate surface area is 182 Å². The Kier molecular flexibility index (Phi) is 6.31. The summed E-state index contributed by atoms with van der Waals surface area (Å²) >= 11 is 0. The van der Waals surface area contributed by atoms with Crippen molar-refractivity contribution >= 4 is 11.9 Å². The molecule has 0 aliphatic carbocycles. The van der Waals surface area contributed by atoms with Gasteiger partial charge in [0.05, 0.1) is 12.1 Å². The normalized spacial score (nSPS) is 13.8. The van der Waals surface area contributed by atoms with Crippen molar-refractivity contribution in [1.82, 2.24) is 24.9 Å². The molecule has 31 heavy (non-hydrogen) atoms. The number of nitrogens with zero attached hydrogens (tertiary/aromatic N) is 4. The van der Waals surface area contributed by atoms with Crippen molar-refractivity contribution in [2.45, 2.75) is 13.5 Å². The molecule has 0 radical (unpaired) electrons. The first-order chi connectivity index (χ1) is 15.2. The van der Waals surface area contributed by atoms with Crippen LogP contribution in [0.1, 0.15) is 22.8 Å². The third-order valence-electron chi connectivity index (χ3n) is 5.41. The summed E-state index contributed by atoms with van der Waals surface area (Å²) in [5.41, 5.74) is 3.32. The van der Waals surface area contributed by atoms with E-state index < -0.39 is 0 Å². The molecule has 0 atom stereocenters. The lowest BCUT2D eigenvalue weighted by Crippen LogP contribution is -2.53. The Bertz CT molecular complexity index is 1020. The molecule has 1 saturated heterocycles. The van der Waals surface area contributed by atoms with E-state index in [1.54, 1.807) is 4.90 Å². The lowest BCUT2D eigenvalue weighted by molar-refractivity contribution is 0.0666. The number of carbonyl (C=O) groups is 2. The van der Waals surface area contributed by atoms with Crippen molar-refractivity contribution in [2.75, 3.05) is 32.7 Å². The van der Waals surface area contributed by atoms with E-state index in [1.165, 1.54) is 0 Å². The maximum Gasteiger partial charge on any atom is 0.317 e. The minimum absolute atomic E-state index is 0.0475. The van der Waals surface area contributed by atoms with Crippen LogP contribution >= 0.6 is 0 Å². The first-order valence-electron chi connectivity index (χ1n) is 10.6. The van der Waals surface area contributed by atoms with Crippen LogP contribution in [0, 0.1) is 0 Å². The van der Waals surface area contributed by atoms with Crippen LogP contribution in [0.4, 0.5) is 4.79 Å². The van der Waals surface area contributed by atoms with Gasteiger partial charge >= 0.3 is 6.03 Å². The summed E-state index contributed by atoms with van der Waals surface area (Å²) in [5, 5.41) is 7.57. The summed E-state index contributed by atoms with van der Waals surface area (Å²) in [6, 6.07) is 19.8. The van der Waals surface area contributed by atoms with E-state index in [0.717, 1.165) is 11.1 Å². The van der Waals surface area contributed by atoms with Crippen molar-refractivity contribution in [3.05, 3.63) is 78.0 Å². The van der Waals surface area contributed by atoms with Gasteiger partial charge in [-0.3, -0.25) is 9.48 Å². The molecule has 160 valence electrons. The van der Waals surface area contributed by atoms with E-state index in [1.807, 2.05) is 83.4 Å². The quantitative estimate of drug-likeness (QED) is 0.694. The zero-order chi connectivity index (χ0) is 21.6. The van der Waals surface area contributed by atoms with Crippen LogP contribution in [0.2, 0.25) is 0 Å². The minimum atomic E-state index is -0.0738. The SMILES string of the molecule is CCNC(=O)N1CCN(C(=O)c2cn(Cc3ccccc3)nc2-c2ccccc2)CC1. The van der Waals surface area contributed by atoms with E-state index in [-0.39, 0.29) is 11.9 Å². The smallest absolute Gasteiger partial charge is 0.317 e. The highest BCUT2D eigenvalue weighted by Gasteiger charge is 2.27. The molecule has 3 amide bonds. The molecule has 1 aliphatic rings. The van der Waals surface area contributed by atoms with Gasteiger partial charge in [-0.25, -0.2) is 4.79 Å². The van der Waals surface area contributed by atoms with E-state index in [2.05, 4.69) is 5.32 Å². The van der Waals surface area contributed by atoms with Crippen molar-refractivity contribution in [3.63, 3.8) is 0 Å². The van der Waals surface area contributed by atoms with Gasteiger partial charge in [0.25, 0.3) is 5.91 Å². The predicted octanol–water partition coefficient (Wildman–Crippen LogP) is 3.09. The molecule has 1 N–H and O–H groups in total. The van der Waals surface area contributed by atoms with E-state index >= 15 is 0 Å². The lowest BCUT2D eigenvalue weighted by Gasteiger charge is -2.34. The van der Waals surface area contributed by atoms with Gasteiger partial charge in [-0.05, 0) is 12.5 Å². The number of urea groups is 1. The average molecular weight is 418 g/mol.